The van der Waals surface area contributed by atoms with Crippen molar-refractivity contribution in [3.63, 3.8) is 0 Å². The molecule has 1 N–H and O–H groups in total. The highest BCUT2D eigenvalue weighted by Crippen LogP contribution is 2.22. The van der Waals surface area contributed by atoms with Crippen molar-refractivity contribution in [2.75, 3.05) is 6.54 Å². The molecule has 2 heteroatoms. The maximum atomic E-state index is 3.54. The van der Waals surface area contributed by atoms with Crippen molar-refractivity contribution in [3.8, 4) is 0 Å². The zero-order valence-electron chi connectivity index (χ0n) is 6.23. The van der Waals surface area contributed by atoms with Crippen LogP contribution in [0.1, 0.15) is 11.1 Å². The van der Waals surface area contributed by atoms with Crippen molar-refractivity contribution in [3.05, 3.63) is 33.8 Å². The Morgan fingerprint density at radius 3 is 3.09 bits per heavy atom. The Morgan fingerprint density at radius 2 is 2.27 bits per heavy atom. The summed E-state index contributed by atoms with van der Waals surface area (Å²) in [5.41, 5.74) is 2.91. The monoisotopic (exact) mass is 211 g/mol. The van der Waals surface area contributed by atoms with Crippen LogP contribution in [0.25, 0.3) is 0 Å². The van der Waals surface area contributed by atoms with Gasteiger partial charge in [0.25, 0.3) is 0 Å². The van der Waals surface area contributed by atoms with Crippen LogP contribution in [0.15, 0.2) is 22.7 Å². The van der Waals surface area contributed by atoms with Crippen LogP contribution in [-0.4, -0.2) is 6.54 Å². The van der Waals surface area contributed by atoms with Gasteiger partial charge in [0.05, 0.1) is 0 Å². The Morgan fingerprint density at radius 1 is 1.36 bits per heavy atom. The molecule has 1 aliphatic rings. The molecule has 0 saturated heterocycles. The van der Waals surface area contributed by atoms with E-state index < -0.39 is 0 Å². The fraction of sp³-hybridized carbons (Fsp3) is 0.333. The molecule has 1 nitrogen and oxygen atoms in total. The summed E-state index contributed by atoms with van der Waals surface area (Å²) in [4.78, 5) is 0. The molecule has 1 aromatic rings. The predicted octanol–water partition coefficient (Wildman–Crippen LogP) is 2.09. The van der Waals surface area contributed by atoms with Gasteiger partial charge in [-0.15, -0.1) is 0 Å². The molecule has 0 atom stereocenters. The highest BCUT2D eigenvalue weighted by Gasteiger charge is 2.09. The van der Waals surface area contributed by atoms with Crippen LogP contribution in [0.3, 0.4) is 0 Å². The summed E-state index contributed by atoms with van der Waals surface area (Å²) in [6.45, 7) is 2.13. The standard InChI is InChI=1S/C9H10BrN/c10-9-3-1-2-7-4-5-11-6-8(7)9/h1-3,11H,4-6H2. The molecular formula is C9H10BrN. The first-order valence-electron chi connectivity index (χ1n) is 3.85. The third kappa shape index (κ3) is 1.33. The maximum absolute atomic E-state index is 3.54. The van der Waals surface area contributed by atoms with Gasteiger partial charge in [0, 0.05) is 11.0 Å². The van der Waals surface area contributed by atoms with Crippen LogP contribution in [-0.2, 0) is 13.0 Å². The molecule has 1 aromatic carbocycles. The largest absolute Gasteiger partial charge is 0.312 e. The SMILES string of the molecule is Brc1cccc2c1CNCC2. The molecule has 1 heterocycles. The molecule has 1 aliphatic heterocycles. The molecule has 0 fully saturated rings. The van der Waals surface area contributed by atoms with Gasteiger partial charge >= 0.3 is 0 Å². The summed E-state index contributed by atoms with van der Waals surface area (Å²) in [5, 5.41) is 3.35. The van der Waals surface area contributed by atoms with Crippen molar-refractivity contribution in [1.82, 2.24) is 5.32 Å². The highest BCUT2D eigenvalue weighted by molar-refractivity contribution is 9.10. The Kier molecular flexibility index (Phi) is 1.96. The predicted molar refractivity (Wildman–Crippen MR) is 49.6 cm³/mol. The Labute approximate surface area is 74.9 Å². The second-order valence-electron chi connectivity index (χ2n) is 2.80. The van der Waals surface area contributed by atoms with Crippen LogP contribution < -0.4 is 5.32 Å². The molecule has 0 bridgehead atoms. The van der Waals surface area contributed by atoms with Gasteiger partial charge in [0.15, 0.2) is 0 Å². The van der Waals surface area contributed by atoms with Crippen molar-refractivity contribution >= 4 is 15.9 Å². The molecule has 2 rings (SSSR count). The molecule has 0 aromatic heterocycles. The van der Waals surface area contributed by atoms with E-state index in [-0.39, 0.29) is 0 Å². The van der Waals surface area contributed by atoms with Crippen LogP contribution >= 0.6 is 15.9 Å². The fourth-order valence-corrected chi connectivity index (χ4v) is 2.02. The average Bonchev–Trinajstić information content (AvgIpc) is 2.06. The molecule has 0 unspecified atom stereocenters. The van der Waals surface area contributed by atoms with E-state index in [0.29, 0.717) is 0 Å². The quantitative estimate of drug-likeness (QED) is 0.694. The molecule has 11 heavy (non-hydrogen) atoms. The normalized spacial score (nSPS) is 16.1. The Hall–Kier alpha value is -0.340. The lowest BCUT2D eigenvalue weighted by Crippen LogP contribution is -2.23. The highest BCUT2D eigenvalue weighted by atomic mass is 79.9. The molecule has 0 amide bonds. The second-order valence-corrected chi connectivity index (χ2v) is 3.66. The smallest absolute Gasteiger partial charge is 0.0223 e. The Balaban J connectivity index is 2.49. The molecule has 0 saturated carbocycles. The third-order valence-electron chi connectivity index (χ3n) is 2.09. The van der Waals surface area contributed by atoms with E-state index >= 15 is 0 Å². The van der Waals surface area contributed by atoms with Crippen molar-refractivity contribution in [1.29, 1.82) is 0 Å². The molecule has 0 radical (unpaired) electrons. The lowest BCUT2D eigenvalue weighted by atomic mass is 10.0. The second kappa shape index (κ2) is 2.95. The van der Waals surface area contributed by atoms with Crippen LogP contribution in [0.5, 0.6) is 0 Å². The minimum absolute atomic E-state index is 1.01. The van der Waals surface area contributed by atoms with Crippen molar-refractivity contribution in [2.45, 2.75) is 13.0 Å². The van der Waals surface area contributed by atoms with Crippen molar-refractivity contribution < 1.29 is 0 Å². The van der Waals surface area contributed by atoms with Gasteiger partial charge in [-0.3, -0.25) is 0 Å². The number of nitrogens with one attached hydrogen (secondary N) is 1. The first-order chi connectivity index (χ1) is 5.38. The van der Waals surface area contributed by atoms with Gasteiger partial charge in [-0.1, -0.05) is 28.1 Å². The summed E-state index contributed by atoms with van der Waals surface area (Å²) in [6, 6.07) is 6.42. The third-order valence-corrected chi connectivity index (χ3v) is 2.83. The lowest BCUT2D eigenvalue weighted by Gasteiger charge is -2.17. The van der Waals surface area contributed by atoms with E-state index in [0.717, 1.165) is 19.5 Å². The minimum Gasteiger partial charge on any atom is -0.312 e. The summed E-state index contributed by atoms with van der Waals surface area (Å²) < 4.78 is 1.24. The molecule has 0 spiro atoms. The zero-order valence-corrected chi connectivity index (χ0v) is 7.82. The summed E-state index contributed by atoms with van der Waals surface area (Å²) >= 11 is 3.54. The van der Waals surface area contributed by atoms with E-state index in [9.17, 15) is 0 Å². The topological polar surface area (TPSA) is 12.0 Å². The first-order valence-corrected chi connectivity index (χ1v) is 4.64. The van der Waals surface area contributed by atoms with Crippen LogP contribution in [0.4, 0.5) is 0 Å². The van der Waals surface area contributed by atoms with Gasteiger partial charge < -0.3 is 5.32 Å². The number of hydrogen-bond donors (Lipinski definition) is 1. The van der Waals surface area contributed by atoms with Gasteiger partial charge in [-0.2, -0.15) is 0 Å². The average molecular weight is 212 g/mol. The van der Waals surface area contributed by atoms with Crippen molar-refractivity contribution in [2.24, 2.45) is 0 Å². The van der Waals surface area contributed by atoms with E-state index in [2.05, 4.69) is 39.4 Å². The van der Waals surface area contributed by atoms with Crippen LogP contribution in [0.2, 0.25) is 0 Å². The zero-order chi connectivity index (χ0) is 7.68. The number of halogens is 1. The maximum Gasteiger partial charge on any atom is 0.0223 e. The van der Waals surface area contributed by atoms with Gasteiger partial charge in [0.2, 0.25) is 0 Å². The number of rotatable bonds is 0. The van der Waals surface area contributed by atoms with E-state index in [1.54, 1.807) is 0 Å². The summed E-state index contributed by atoms with van der Waals surface area (Å²) in [5.74, 6) is 0. The minimum atomic E-state index is 1.01. The Bertz CT molecular complexity index is 270. The van der Waals surface area contributed by atoms with E-state index in [1.807, 2.05) is 0 Å². The number of benzene rings is 1. The van der Waals surface area contributed by atoms with Crippen LogP contribution in [0, 0.1) is 0 Å². The lowest BCUT2D eigenvalue weighted by molar-refractivity contribution is 0.641. The summed E-state index contributed by atoms with van der Waals surface area (Å²) in [6.07, 6.45) is 1.16. The molecule has 0 aliphatic carbocycles. The number of hydrogen-bond acceptors (Lipinski definition) is 1. The first kappa shape index (κ1) is 7.32. The fourth-order valence-electron chi connectivity index (χ4n) is 1.47. The molecular weight excluding hydrogens is 202 g/mol. The van der Waals surface area contributed by atoms with E-state index in [1.165, 1.54) is 15.6 Å². The van der Waals surface area contributed by atoms with Gasteiger partial charge in [-0.05, 0) is 30.2 Å². The number of fused-ring (bicyclic) bond motifs is 1. The van der Waals surface area contributed by atoms with Gasteiger partial charge in [-0.25, -0.2) is 0 Å². The molecule has 58 valence electrons. The summed E-state index contributed by atoms with van der Waals surface area (Å²) in [7, 11) is 0. The van der Waals surface area contributed by atoms with E-state index in [4.69, 9.17) is 0 Å². The van der Waals surface area contributed by atoms with Gasteiger partial charge in [0.1, 0.15) is 0 Å².